The molecule has 2 saturated heterocycles. The van der Waals surface area contributed by atoms with Crippen LogP contribution in [0.4, 0.5) is 4.53 Å². The molecule has 13 heteroatoms. The van der Waals surface area contributed by atoms with Gasteiger partial charge in [-0.15, -0.1) is 0 Å². The van der Waals surface area contributed by atoms with Crippen molar-refractivity contribution >= 4 is 0 Å². The van der Waals surface area contributed by atoms with Gasteiger partial charge in [0.15, 0.2) is 12.3 Å². The van der Waals surface area contributed by atoms with Gasteiger partial charge in [-0.3, -0.25) is 14.3 Å². The molecule has 6 N–H and O–H groups in total. The average molecular weight is 408 g/mol. The van der Waals surface area contributed by atoms with Crippen molar-refractivity contribution in [2.45, 2.75) is 55.9 Å². The number of nitrogens with zero attached hydrogens (tertiary/aromatic N) is 1. The molecular weight excluding hydrogens is 387 g/mol. The van der Waals surface area contributed by atoms with Crippen molar-refractivity contribution in [1.29, 1.82) is 0 Å². The van der Waals surface area contributed by atoms with Crippen molar-refractivity contribution in [2.24, 2.45) is 0 Å². The maximum absolute atomic E-state index is 13.1. The first-order valence-electron chi connectivity index (χ1n) is 8.46. The summed E-state index contributed by atoms with van der Waals surface area (Å²) < 4.78 is 24.6. The minimum absolute atomic E-state index is 0.113. The Bertz CT molecular complexity index is 828. The Kier molecular flexibility index (Phi) is 5.97. The average Bonchev–Trinajstić information content (AvgIpc) is 3.14. The monoisotopic (exact) mass is 408 g/mol. The second-order valence-electron chi connectivity index (χ2n) is 6.69. The normalized spacial score (nSPS) is 38.2. The number of aliphatic hydroxyl groups is 5. The van der Waals surface area contributed by atoms with E-state index in [9.17, 15) is 39.6 Å². The molecule has 2 aliphatic rings. The van der Waals surface area contributed by atoms with Crippen LogP contribution in [0.2, 0.25) is 0 Å². The lowest BCUT2D eigenvalue weighted by Crippen LogP contribution is -2.43. The van der Waals surface area contributed by atoms with Crippen LogP contribution in [0.5, 0.6) is 0 Å². The van der Waals surface area contributed by atoms with Gasteiger partial charge in [-0.1, -0.05) is 0 Å². The predicted molar refractivity (Wildman–Crippen MR) is 85.8 cm³/mol. The molecule has 2 unspecified atom stereocenters. The molecule has 0 bridgehead atoms. The fourth-order valence-electron chi connectivity index (χ4n) is 3.56. The molecule has 1 aromatic heterocycles. The number of nitrogens with one attached hydrogen (secondary N) is 1. The Morgan fingerprint density at radius 2 is 1.68 bits per heavy atom. The summed E-state index contributed by atoms with van der Waals surface area (Å²) in [5.74, 6) is 0. The van der Waals surface area contributed by atoms with Crippen molar-refractivity contribution in [1.82, 2.24) is 9.55 Å². The van der Waals surface area contributed by atoms with Crippen molar-refractivity contribution in [3.63, 3.8) is 0 Å². The van der Waals surface area contributed by atoms with Gasteiger partial charge < -0.3 is 35.0 Å². The summed E-state index contributed by atoms with van der Waals surface area (Å²) in [5, 5.41) is 48.9. The Balaban J connectivity index is 2.17. The highest BCUT2D eigenvalue weighted by Crippen LogP contribution is 2.38. The van der Waals surface area contributed by atoms with Crippen molar-refractivity contribution in [3.05, 3.63) is 32.1 Å². The van der Waals surface area contributed by atoms with Crippen LogP contribution in [-0.2, 0) is 14.4 Å². The Hall–Kier alpha value is -1.71. The van der Waals surface area contributed by atoms with Gasteiger partial charge >= 0.3 is 5.69 Å². The molecule has 0 aliphatic carbocycles. The number of ether oxygens (including phenoxy) is 2. The van der Waals surface area contributed by atoms with Crippen LogP contribution in [-0.4, -0.2) is 84.9 Å². The molecule has 28 heavy (non-hydrogen) atoms. The number of hydrogen-bond acceptors (Lipinski definition) is 10. The third kappa shape index (κ3) is 3.19. The van der Waals surface area contributed by atoms with E-state index in [1.165, 1.54) is 6.92 Å². The zero-order chi connectivity index (χ0) is 20.7. The second-order valence-corrected chi connectivity index (χ2v) is 6.69. The molecule has 1 aromatic rings. The Labute approximate surface area is 156 Å². The summed E-state index contributed by atoms with van der Waals surface area (Å²) in [5.41, 5.74) is -2.28. The fraction of sp³-hybridized carbons (Fsp3) is 0.733. The molecule has 0 saturated carbocycles. The maximum Gasteiger partial charge on any atom is 0.330 e. The fourth-order valence-corrected chi connectivity index (χ4v) is 3.56. The van der Waals surface area contributed by atoms with E-state index in [1.807, 2.05) is 4.98 Å². The predicted octanol–water partition coefficient (Wildman–Crippen LogP) is -3.48. The SMILES string of the molecule is Cc1c([C@@H]2O[C@H](CO)[C@@H](O)[C@@H]2O)n([C@H]2O[C@@H](CO)C(O)C2OF)c(=O)[nH]c1=O. The van der Waals surface area contributed by atoms with E-state index in [2.05, 4.69) is 4.94 Å². The molecule has 2 fully saturated rings. The van der Waals surface area contributed by atoms with Gasteiger partial charge in [-0.2, -0.15) is 4.94 Å². The summed E-state index contributed by atoms with van der Waals surface area (Å²) in [6, 6.07) is 0. The standard InChI is InChI=1S/C15H21FN2O10/c1-4-7(11-10(23)8(21)5(2-19)26-11)18(15(25)17-13(4)24)14-12(28-16)9(22)6(3-20)27-14/h5-6,8-12,14,19-23H,2-3H2,1H3,(H,17,24,25)/t5-,6+,8-,9?,10+,11+,12?,14+/m1/s1. The molecule has 0 radical (unpaired) electrons. The smallest absolute Gasteiger partial charge is 0.330 e. The minimum Gasteiger partial charge on any atom is -0.394 e. The minimum atomic E-state index is -1.74. The van der Waals surface area contributed by atoms with Gasteiger partial charge in [0.05, 0.1) is 18.9 Å². The number of aromatic amines is 1. The van der Waals surface area contributed by atoms with Gasteiger partial charge in [0.25, 0.3) is 5.56 Å². The van der Waals surface area contributed by atoms with Gasteiger partial charge in [0, 0.05) is 5.56 Å². The van der Waals surface area contributed by atoms with E-state index in [-0.39, 0.29) is 11.3 Å². The maximum atomic E-state index is 13.1. The van der Waals surface area contributed by atoms with Gasteiger partial charge in [0.1, 0.15) is 36.6 Å². The zero-order valence-corrected chi connectivity index (χ0v) is 14.6. The summed E-state index contributed by atoms with van der Waals surface area (Å²) >= 11 is 0. The molecule has 2 aliphatic heterocycles. The van der Waals surface area contributed by atoms with Gasteiger partial charge in [-0.05, 0) is 11.4 Å². The largest absolute Gasteiger partial charge is 0.394 e. The Morgan fingerprint density at radius 3 is 2.21 bits per heavy atom. The molecule has 3 heterocycles. The van der Waals surface area contributed by atoms with Gasteiger partial charge in [0.2, 0.25) is 0 Å². The van der Waals surface area contributed by atoms with E-state index in [0.717, 1.165) is 4.57 Å². The molecular formula is C15H21FN2O10. The number of halogens is 1. The number of rotatable bonds is 5. The van der Waals surface area contributed by atoms with E-state index in [0.29, 0.717) is 0 Å². The zero-order valence-electron chi connectivity index (χ0n) is 14.6. The molecule has 3 rings (SSSR count). The third-order valence-corrected chi connectivity index (χ3v) is 5.09. The Morgan fingerprint density at radius 1 is 1.07 bits per heavy atom. The molecule has 158 valence electrons. The molecule has 0 spiro atoms. The number of hydrogen-bond donors (Lipinski definition) is 6. The number of H-pyrrole nitrogens is 1. The van der Waals surface area contributed by atoms with Crippen LogP contribution in [0.25, 0.3) is 0 Å². The first-order valence-corrected chi connectivity index (χ1v) is 8.46. The number of aliphatic hydroxyl groups excluding tert-OH is 5. The van der Waals surface area contributed by atoms with Crippen LogP contribution in [0.3, 0.4) is 0 Å². The van der Waals surface area contributed by atoms with Crippen LogP contribution in [0.15, 0.2) is 9.59 Å². The summed E-state index contributed by atoms with van der Waals surface area (Å²) in [4.78, 5) is 30.3. The number of aromatic nitrogens is 2. The van der Waals surface area contributed by atoms with E-state index >= 15 is 0 Å². The molecule has 0 aromatic carbocycles. The molecule has 0 amide bonds. The lowest BCUT2D eigenvalue weighted by molar-refractivity contribution is -0.222. The van der Waals surface area contributed by atoms with Crippen LogP contribution in [0, 0.1) is 6.92 Å². The highest BCUT2D eigenvalue weighted by atomic mass is 19.3. The lowest BCUT2D eigenvalue weighted by atomic mass is 10.0. The van der Waals surface area contributed by atoms with Gasteiger partial charge in [-0.25, -0.2) is 4.79 Å². The van der Waals surface area contributed by atoms with E-state index in [4.69, 9.17) is 9.47 Å². The van der Waals surface area contributed by atoms with Crippen LogP contribution >= 0.6 is 0 Å². The second kappa shape index (κ2) is 7.96. The van der Waals surface area contributed by atoms with Crippen molar-refractivity contribution < 1.29 is 44.5 Å². The first-order chi connectivity index (χ1) is 13.3. The highest BCUT2D eigenvalue weighted by molar-refractivity contribution is 5.23. The quantitative estimate of drug-likeness (QED) is 0.286. The summed E-state index contributed by atoms with van der Waals surface area (Å²) in [6.07, 6.45) is -12.1. The summed E-state index contributed by atoms with van der Waals surface area (Å²) in [6.45, 7) is -0.0699. The van der Waals surface area contributed by atoms with Crippen molar-refractivity contribution in [2.75, 3.05) is 13.2 Å². The van der Waals surface area contributed by atoms with Crippen LogP contribution < -0.4 is 11.2 Å². The third-order valence-electron chi connectivity index (χ3n) is 5.09. The topological polar surface area (TPSA) is 184 Å². The van der Waals surface area contributed by atoms with Crippen molar-refractivity contribution in [3.8, 4) is 0 Å². The molecule has 12 nitrogen and oxygen atoms in total. The van der Waals surface area contributed by atoms with Crippen LogP contribution in [0.1, 0.15) is 23.6 Å². The summed E-state index contributed by atoms with van der Waals surface area (Å²) in [7, 11) is 0. The van der Waals surface area contributed by atoms with E-state index < -0.39 is 73.4 Å². The first kappa shape index (κ1) is 21.0. The van der Waals surface area contributed by atoms with E-state index in [1.54, 1.807) is 0 Å². The highest BCUT2D eigenvalue weighted by Gasteiger charge is 2.50. The lowest BCUT2D eigenvalue weighted by Gasteiger charge is -2.26. The molecule has 8 atom stereocenters.